The number of hydrogen-bond donors (Lipinski definition) is 1. The minimum atomic E-state index is -4.51. The second-order valence-electron chi connectivity index (χ2n) is 7.07. The minimum Gasteiger partial charge on any atom is -0.367 e. The Morgan fingerprint density at radius 2 is 1.67 bits per heavy atom. The third-order valence-electron chi connectivity index (χ3n) is 4.56. The number of hydrogen-bond acceptors (Lipinski definition) is 4. The summed E-state index contributed by atoms with van der Waals surface area (Å²) in [5.41, 5.74) is 0.964. The molecule has 3 aromatic rings. The molecule has 0 unspecified atom stereocenters. The molecule has 12 heteroatoms. The van der Waals surface area contributed by atoms with Crippen LogP contribution in [0.1, 0.15) is 32.7 Å². The summed E-state index contributed by atoms with van der Waals surface area (Å²) in [6.07, 6.45) is -6.93. The van der Waals surface area contributed by atoms with E-state index in [0.717, 1.165) is 12.1 Å². The van der Waals surface area contributed by atoms with Crippen LogP contribution in [0.5, 0.6) is 0 Å². The van der Waals surface area contributed by atoms with E-state index < -0.39 is 30.4 Å². The van der Waals surface area contributed by atoms with Crippen LogP contribution >= 0.6 is 0 Å². The molecule has 33 heavy (non-hydrogen) atoms. The fourth-order valence-corrected chi connectivity index (χ4v) is 2.86. The van der Waals surface area contributed by atoms with Gasteiger partial charge in [-0.05, 0) is 30.2 Å². The number of nitrogens with one attached hydrogen (secondary N) is 1. The number of aromatic nitrogens is 3. The average molecular weight is 472 g/mol. The van der Waals surface area contributed by atoms with Crippen molar-refractivity contribution in [3.63, 3.8) is 0 Å². The van der Waals surface area contributed by atoms with E-state index in [-0.39, 0.29) is 24.5 Å². The molecule has 1 amide bonds. The summed E-state index contributed by atoms with van der Waals surface area (Å²) in [4.78, 5) is 16.3. The van der Waals surface area contributed by atoms with Crippen molar-refractivity contribution < 1.29 is 35.9 Å². The Kier molecular flexibility index (Phi) is 7.06. The summed E-state index contributed by atoms with van der Waals surface area (Å²) >= 11 is 0. The fourth-order valence-electron chi connectivity index (χ4n) is 2.86. The van der Waals surface area contributed by atoms with Crippen molar-refractivity contribution in [2.75, 3.05) is 6.61 Å². The fraction of sp³-hybridized carbons (Fsp3) is 0.286. The van der Waals surface area contributed by atoms with E-state index in [1.54, 1.807) is 31.2 Å². The topological polar surface area (TPSA) is 69.0 Å². The van der Waals surface area contributed by atoms with Gasteiger partial charge in [-0.1, -0.05) is 24.3 Å². The number of benzene rings is 1. The maximum absolute atomic E-state index is 12.7. The number of amides is 1. The van der Waals surface area contributed by atoms with E-state index in [9.17, 15) is 31.1 Å². The van der Waals surface area contributed by atoms with Gasteiger partial charge in [-0.25, -0.2) is 9.67 Å². The maximum Gasteiger partial charge on any atom is 0.417 e. The molecule has 176 valence electrons. The molecule has 0 aliphatic heterocycles. The van der Waals surface area contributed by atoms with E-state index in [1.807, 2.05) is 0 Å². The first-order valence-corrected chi connectivity index (χ1v) is 9.53. The Morgan fingerprint density at radius 1 is 1.00 bits per heavy atom. The van der Waals surface area contributed by atoms with E-state index in [1.165, 1.54) is 10.9 Å². The van der Waals surface area contributed by atoms with Crippen LogP contribution in [0.2, 0.25) is 0 Å². The Labute approximate surface area is 184 Å². The predicted molar refractivity (Wildman–Crippen MR) is 104 cm³/mol. The van der Waals surface area contributed by atoms with Crippen molar-refractivity contribution in [3.8, 4) is 5.82 Å². The monoisotopic (exact) mass is 472 g/mol. The van der Waals surface area contributed by atoms with Crippen molar-refractivity contribution in [3.05, 3.63) is 76.7 Å². The molecule has 1 N–H and O–H groups in total. The van der Waals surface area contributed by atoms with Gasteiger partial charge in [0.05, 0.1) is 29.6 Å². The zero-order valence-electron chi connectivity index (χ0n) is 17.2. The second kappa shape index (κ2) is 9.61. The first kappa shape index (κ1) is 24.2. The molecule has 0 aliphatic carbocycles. The number of alkyl halides is 6. The highest BCUT2D eigenvalue weighted by Crippen LogP contribution is 2.28. The van der Waals surface area contributed by atoms with Crippen molar-refractivity contribution in [1.29, 1.82) is 0 Å². The number of ether oxygens (including phenoxy) is 1. The van der Waals surface area contributed by atoms with E-state index >= 15 is 0 Å². The highest BCUT2D eigenvalue weighted by Gasteiger charge is 2.31. The van der Waals surface area contributed by atoms with Crippen molar-refractivity contribution >= 4 is 5.91 Å². The number of rotatable bonds is 7. The lowest BCUT2D eigenvalue weighted by atomic mass is 10.1. The molecule has 6 nitrogen and oxygen atoms in total. The zero-order chi connectivity index (χ0) is 24.2. The van der Waals surface area contributed by atoms with Gasteiger partial charge in [0, 0.05) is 12.7 Å². The first-order valence-electron chi connectivity index (χ1n) is 9.53. The summed E-state index contributed by atoms with van der Waals surface area (Å²) in [7, 11) is 0. The quantitative estimate of drug-likeness (QED) is 0.511. The standard InChI is InChI=1S/C21H18F6N4O2/c1-13-17(10-30-31(13)18-7-6-16(9-28-18)21(25,26)27)19(32)29-8-14-2-4-15(5-3-14)11-33-12-20(22,23)24/h2-7,9-10H,8,11-12H2,1H3,(H,29,32). The number of halogens is 6. The van der Waals surface area contributed by atoms with Gasteiger partial charge in [0.1, 0.15) is 6.61 Å². The van der Waals surface area contributed by atoms with Crippen molar-refractivity contribution in [2.45, 2.75) is 32.4 Å². The molecule has 2 aromatic heterocycles. The predicted octanol–water partition coefficient (Wildman–Crippen LogP) is 4.60. The number of carbonyl (C=O) groups is 1. The average Bonchev–Trinajstić information content (AvgIpc) is 3.13. The smallest absolute Gasteiger partial charge is 0.367 e. The molecular weight excluding hydrogens is 454 g/mol. The molecule has 0 aliphatic rings. The van der Waals surface area contributed by atoms with E-state index in [0.29, 0.717) is 23.0 Å². The van der Waals surface area contributed by atoms with E-state index in [4.69, 9.17) is 0 Å². The normalized spacial score (nSPS) is 12.1. The van der Waals surface area contributed by atoms with Crippen LogP contribution in [0.15, 0.2) is 48.8 Å². The van der Waals surface area contributed by atoms with Gasteiger partial charge < -0.3 is 10.1 Å². The summed E-state index contributed by atoms with van der Waals surface area (Å²) in [6, 6.07) is 8.52. The summed E-state index contributed by atoms with van der Waals surface area (Å²) in [5.74, 6) is -0.328. The van der Waals surface area contributed by atoms with Crippen LogP contribution < -0.4 is 5.32 Å². The van der Waals surface area contributed by atoms with Gasteiger partial charge in [0.2, 0.25) is 0 Å². The van der Waals surface area contributed by atoms with Gasteiger partial charge in [-0.2, -0.15) is 31.4 Å². The third-order valence-corrected chi connectivity index (χ3v) is 4.56. The van der Waals surface area contributed by atoms with Crippen molar-refractivity contribution in [2.24, 2.45) is 0 Å². The molecule has 3 rings (SSSR count). The Hall–Kier alpha value is -3.41. The lowest BCUT2D eigenvalue weighted by molar-refractivity contribution is -0.176. The number of carbonyl (C=O) groups excluding carboxylic acids is 1. The lowest BCUT2D eigenvalue weighted by Crippen LogP contribution is -2.23. The largest absolute Gasteiger partial charge is 0.417 e. The molecule has 0 bridgehead atoms. The Bertz CT molecular complexity index is 1090. The van der Waals surface area contributed by atoms with Gasteiger partial charge >= 0.3 is 12.4 Å². The second-order valence-corrected chi connectivity index (χ2v) is 7.07. The van der Waals surface area contributed by atoms with Crippen molar-refractivity contribution in [1.82, 2.24) is 20.1 Å². The zero-order valence-corrected chi connectivity index (χ0v) is 17.2. The SMILES string of the molecule is Cc1c(C(=O)NCc2ccc(COCC(F)(F)F)cc2)cnn1-c1ccc(C(F)(F)F)cn1. The van der Waals surface area contributed by atoms with Crippen LogP contribution in [0.4, 0.5) is 26.3 Å². The van der Waals surface area contributed by atoms with Crippen LogP contribution in [0, 0.1) is 6.92 Å². The Morgan fingerprint density at radius 3 is 2.24 bits per heavy atom. The van der Waals surface area contributed by atoms with E-state index in [2.05, 4.69) is 20.1 Å². The molecule has 0 saturated carbocycles. The van der Waals surface area contributed by atoms with Gasteiger partial charge in [-0.3, -0.25) is 4.79 Å². The Balaban J connectivity index is 1.59. The van der Waals surface area contributed by atoms with Crippen LogP contribution in [-0.4, -0.2) is 33.5 Å². The minimum absolute atomic E-state index is 0.128. The van der Waals surface area contributed by atoms with Crippen LogP contribution in [-0.2, 0) is 24.1 Å². The number of nitrogens with zero attached hydrogens (tertiary/aromatic N) is 3. The molecule has 0 fully saturated rings. The summed E-state index contributed by atoms with van der Waals surface area (Å²) < 4.78 is 80.2. The highest BCUT2D eigenvalue weighted by molar-refractivity contribution is 5.95. The highest BCUT2D eigenvalue weighted by atomic mass is 19.4. The lowest BCUT2D eigenvalue weighted by Gasteiger charge is -2.09. The van der Waals surface area contributed by atoms with Gasteiger partial charge in [0.25, 0.3) is 5.91 Å². The molecule has 0 radical (unpaired) electrons. The molecule has 1 aromatic carbocycles. The first-order chi connectivity index (χ1) is 15.4. The summed E-state index contributed by atoms with van der Waals surface area (Å²) in [5, 5.41) is 6.72. The maximum atomic E-state index is 12.7. The molecular formula is C21H18F6N4O2. The molecule has 0 spiro atoms. The van der Waals surface area contributed by atoms with Gasteiger partial charge in [-0.15, -0.1) is 0 Å². The molecule has 0 saturated heterocycles. The third kappa shape index (κ3) is 6.54. The van der Waals surface area contributed by atoms with Crippen LogP contribution in [0.25, 0.3) is 5.82 Å². The van der Waals surface area contributed by atoms with Gasteiger partial charge in [0.15, 0.2) is 5.82 Å². The number of pyridine rings is 1. The van der Waals surface area contributed by atoms with Crippen LogP contribution in [0.3, 0.4) is 0 Å². The summed E-state index contributed by atoms with van der Waals surface area (Å²) in [6.45, 7) is 0.199. The molecule has 2 heterocycles. The molecule has 0 atom stereocenters.